The highest BCUT2D eigenvalue weighted by molar-refractivity contribution is 7.89. The molecule has 0 bridgehead atoms. The SMILES string of the molecule is Cc1cc(NC(=O)COC(=O)c2ccc(C)c(S(=O)(=O)NCc3ccccc3)c2)n(C)n1. The van der Waals surface area contributed by atoms with Crippen molar-refractivity contribution in [2.45, 2.75) is 25.3 Å². The number of hydrogen-bond donors (Lipinski definition) is 2. The first-order chi connectivity index (χ1) is 15.2. The van der Waals surface area contributed by atoms with Crippen LogP contribution in [0.4, 0.5) is 5.82 Å². The van der Waals surface area contributed by atoms with Crippen LogP contribution in [0.5, 0.6) is 0 Å². The number of sulfonamides is 1. The van der Waals surface area contributed by atoms with Crippen molar-refractivity contribution in [2.24, 2.45) is 7.05 Å². The molecule has 0 fully saturated rings. The molecule has 0 unspecified atom stereocenters. The second-order valence-electron chi connectivity index (χ2n) is 7.21. The van der Waals surface area contributed by atoms with Gasteiger partial charge >= 0.3 is 5.97 Å². The fourth-order valence-electron chi connectivity index (χ4n) is 2.99. The maximum absolute atomic E-state index is 12.8. The zero-order valence-corrected chi connectivity index (χ0v) is 18.8. The van der Waals surface area contributed by atoms with Gasteiger partial charge in [-0.05, 0) is 37.1 Å². The van der Waals surface area contributed by atoms with Crippen LogP contribution >= 0.6 is 0 Å². The standard InChI is InChI=1S/C22H24N4O5S/c1-15-9-10-18(12-19(15)32(29,30)23-13-17-7-5-4-6-8-17)22(28)31-14-21(27)24-20-11-16(2)25-26(20)3/h4-12,23H,13-14H2,1-3H3,(H,24,27). The van der Waals surface area contributed by atoms with E-state index in [-0.39, 0.29) is 17.0 Å². The van der Waals surface area contributed by atoms with Gasteiger partial charge in [0.05, 0.1) is 16.2 Å². The van der Waals surface area contributed by atoms with Crippen LogP contribution < -0.4 is 10.0 Å². The molecule has 0 aliphatic carbocycles. The third-order valence-electron chi connectivity index (χ3n) is 4.63. The molecule has 0 aliphatic rings. The van der Waals surface area contributed by atoms with E-state index in [9.17, 15) is 18.0 Å². The molecule has 1 heterocycles. The molecule has 10 heteroatoms. The predicted molar refractivity (Wildman–Crippen MR) is 119 cm³/mol. The largest absolute Gasteiger partial charge is 0.452 e. The van der Waals surface area contributed by atoms with Crippen LogP contribution in [0.25, 0.3) is 0 Å². The molecule has 168 valence electrons. The number of hydrogen-bond acceptors (Lipinski definition) is 6. The number of ether oxygens (including phenoxy) is 1. The lowest BCUT2D eigenvalue weighted by Crippen LogP contribution is -2.25. The molecule has 0 aliphatic heterocycles. The Morgan fingerprint density at radius 1 is 1.06 bits per heavy atom. The van der Waals surface area contributed by atoms with Crippen LogP contribution in [-0.4, -0.2) is 36.7 Å². The molecule has 32 heavy (non-hydrogen) atoms. The Morgan fingerprint density at radius 2 is 1.78 bits per heavy atom. The van der Waals surface area contributed by atoms with Gasteiger partial charge in [-0.3, -0.25) is 9.48 Å². The summed E-state index contributed by atoms with van der Waals surface area (Å²) in [5, 5.41) is 6.71. The minimum absolute atomic E-state index is 0.0277. The Morgan fingerprint density at radius 3 is 2.44 bits per heavy atom. The second kappa shape index (κ2) is 9.75. The number of aromatic nitrogens is 2. The highest BCUT2D eigenvalue weighted by Gasteiger charge is 2.20. The van der Waals surface area contributed by atoms with Crippen LogP contribution in [0.1, 0.15) is 27.2 Å². The molecule has 0 radical (unpaired) electrons. The average molecular weight is 457 g/mol. The predicted octanol–water partition coefficient (Wildman–Crippen LogP) is 2.31. The molecule has 0 atom stereocenters. The molecule has 1 amide bonds. The Hall–Kier alpha value is -3.50. The highest BCUT2D eigenvalue weighted by Crippen LogP contribution is 2.18. The second-order valence-corrected chi connectivity index (χ2v) is 8.94. The third kappa shape index (κ3) is 5.80. The van der Waals surface area contributed by atoms with E-state index in [2.05, 4.69) is 15.1 Å². The monoisotopic (exact) mass is 456 g/mol. The number of anilines is 1. The van der Waals surface area contributed by atoms with Crippen LogP contribution in [0.2, 0.25) is 0 Å². The number of nitrogens with zero attached hydrogens (tertiary/aromatic N) is 2. The van der Waals surface area contributed by atoms with E-state index in [4.69, 9.17) is 4.74 Å². The third-order valence-corrected chi connectivity index (χ3v) is 6.17. The van der Waals surface area contributed by atoms with Gasteiger partial charge in [0, 0.05) is 19.7 Å². The van der Waals surface area contributed by atoms with Gasteiger partial charge in [-0.1, -0.05) is 36.4 Å². The van der Waals surface area contributed by atoms with Crippen molar-refractivity contribution in [2.75, 3.05) is 11.9 Å². The first-order valence-corrected chi connectivity index (χ1v) is 11.3. The summed E-state index contributed by atoms with van der Waals surface area (Å²) in [6.07, 6.45) is 0. The van der Waals surface area contributed by atoms with E-state index >= 15 is 0 Å². The van der Waals surface area contributed by atoms with E-state index in [1.165, 1.54) is 22.9 Å². The molecular formula is C22H24N4O5S. The molecule has 9 nitrogen and oxygen atoms in total. The molecule has 0 saturated carbocycles. The van der Waals surface area contributed by atoms with Gasteiger partial charge < -0.3 is 10.1 Å². The summed E-state index contributed by atoms with van der Waals surface area (Å²) in [5.74, 6) is -0.872. The van der Waals surface area contributed by atoms with Crippen molar-refractivity contribution in [3.05, 3.63) is 77.0 Å². The molecule has 2 aromatic carbocycles. The first kappa shape index (κ1) is 23.2. The van der Waals surface area contributed by atoms with Crippen molar-refractivity contribution < 1.29 is 22.7 Å². The van der Waals surface area contributed by atoms with Crippen LogP contribution in [0.3, 0.4) is 0 Å². The van der Waals surface area contributed by atoms with Gasteiger partial charge in [-0.2, -0.15) is 5.10 Å². The number of esters is 1. The summed E-state index contributed by atoms with van der Waals surface area (Å²) in [7, 11) is -2.19. The number of nitrogens with one attached hydrogen (secondary N) is 2. The summed E-state index contributed by atoms with van der Waals surface area (Å²) < 4.78 is 34.6. The van der Waals surface area contributed by atoms with E-state index < -0.39 is 28.5 Å². The van der Waals surface area contributed by atoms with Gasteiger partial charge in [0.2, 0.25) is 10.0 Å². The number of aryl methyl sites for hydroxylation is 3. The molecule has 2 N–H and O–H groups in total. The van der Waals surface area contributed by atoms with Crippen molar-refractivity contribution >= 4 is 27.7 Å². The van der Waals surface area contributed by atoms with Crippen LogP contribution in [0, 0.1) is 13.8 Å². The van der Waals surface area contributed by atoms with E-state index in [0.29, 0.717) is 11.4 Å². The fraction of sp³-hybridized carbons (Fsp3) is 0.227. The molecule has 0 spiro atoms. The first-order valence-electron chi connectivity index (χ1n) is 9.77. The van der Waals surface area contributed by atoms with Gasteiger partial charge in [-0.25, -0.2) is 17.9 Å². The van der Waals surface area contributed by atoms with E-state index in [1.54, 1.807) is 39.1 Å². The maximum atomic E-state index is 12.8. The summed E-state index contributed by atoms with van der Waals surface area (Å²) in [6, 6.07) is 15.0. The minimum atomic E-state index is -3.87. The normalized spacial score (nSPS) is 11.2. The van der Waals surface area contributed by atoms with Crippen molar-refractivity contribution in [3.8, 4) is 0 Å². The lowest BCUT2D eigenvalue weighted by Gasteiger charge is -2.11. The lowest BCUT2D eigenvalue weighted by molar-refractivity contribution is -0.119. The van der Waals surface area contributed by atoms with Gasteiger partial charge in [0.25, 0.3) is 5.91 Å². The summed E-state index contributed by atoms with van der Waals surface area (Å²) in [4.78, 5) is 24.5. The highest BCUT2D eigenvalue weighted by atomic mass is 32.2. The number of amides is 1. The van der Waals surface area contributed by atoms with Crippen LogP contribution in [-0.2, 0) is 33.1 Å². The number of rotatable bonds is 8. The topological polar surface area (TPSA) is 119 Å². The summed E-state index contributed by atoms with van der Waals surface area (Å²) in [5.41, 5.74) is 2.04. The zero-order chi connectivity index (χ0) is 23.3. The average Bonchev–Trinajstić information content (AvgIpc) is 3.08. The number of benzene rings is 2. The molecule has 1 aromatic heterocycles. The summed E-state index contributed by atoms with van der Waals surface area (Å²) >= 11 is 0. The van der Waals surface area contributed by atoms with Gasteiger partial charge in [0.15, 0.2) is 6.61 Å². The molecule has 3 aromatic rings. The Labute approximate surface area is 186 Å². The fourth-order valence-corrected chi connectivity index (χ4v) is 4.28. The molecule has 0 saturated heterocycles. The lowest BCUT2D eigenvalue weighted by atomic mass is 10.1. The quantitative estimate of drug-likeness (QED) is 0.502. The van der Waals surface area contributed by atoms with E-state index in [0.717, 1.165) is 11.3 Å². The Bertz CT molecular complexity index is 1240. The zero-order valence-electron chi connectivity index (χ0n) is 18.0. The minimum Gasteiger partial charge on any atom is -0.452 e. The van der Waals surface area contributed by atoms with Crippen molar-refractivity contribution in [1.82, 2.24) is 14.5 Å². The van der Waals surface area contributed by atoms with Gasteiger partial charge in [0.1, 0.15) is 5.82 Å². The van der Waals surface area contributed by atoms with Crippen LogP contribution in [0.15, 0.2) is 59.5 Å². The maximum Gasteiger partial charge on any atom is 0.338 e. The number of carbonyl (C=O) groups is 2. The smallest absolute Gasteiger partial charge is 0.338 e. The Kier molecular flexibility index (Phi) is 7.06. The molecular weight excluding hydrogens is 432 g/mol. The number of carbonyl (C=O) groups excluding carboxylic acids is 2. The van der Waals surface area contributed by atoms with E-state index in [1.807, 2.05) is 18.2 Å². The van der Waals surface area contributed by atoms with Gasteiger partial charge in [-0.15, -0.1) is 0 Å². The summed E-state index contributed by atoms with van der Waals surface area (Å²) in [6.45, 7) is 3.01. The van der Waals surface area contributed by atoms with Crippen molar-refractivity contribution in [3.63, 3.8) is 0 Å². The molecule has 3 rings (SSSR count). The Balaban J connectivity index is 1.65. The van der Waals surface area contributed by atoms with Crippen molar-refractivity contribution in [1.29, 1.82) is 0 Å².